The minimum absolute atomic E-state index is 0.0585. The molecule has 250 valence electrons. The van der Waals surface area contributed by atoms with Gasteiger partial charge in [-0.3, -0.25) is 9.59 Å². The van der Waals surface area contributed by atoms with Gasteiger partial charge in [0.25, 0.3) is 0 Å². The summed E-state index contributed by atoms with van der Waals surface area (Å²) in [5.74, 6) is -0.409. The predicted octanol–water partition coefficient (Wildman–Crippen LogP) is -0.649. The minimum Gasteiger partial charge on any atom is -0.379 e. The molecule has 0 heterocycles. The monoisotopic (exact) mass is 610 g/mol. The maximum absolute atomic E-state index is 11.8. The van der Waals surface area contributed by atoms with Crippen LogP contribution in [0.3, 0.4) is 0 Å². The molecule has 14 heteroatoms. The van der Waals surface area contributed by atoms with Gasteiger partial charge in [-0.05, 0) is 52.9 Å². The fraction of sp³-hybridized carbons (Fsp3) is 0.929. The molecule has 0 aromatic heterocycles. The van der Waals surface area contributed by atoms with E-state index in [1.807, 2.05) is 14.1 Å². The van der Waals surface area contributed by atoms with Crippen LogP contribution in [0.1, 0.15) is 25.7 Å². The van der Waals surface area contributed by atoms with Gasteiger partial charge in [-0.25, -0.2) is 0 Å². The highest BCUT2D eigenvalue weighted by molar-refractivity contribution is 5.77. The van der Waals surface area contributed by atoms with Crippen LogP contribution in [0.5, 0.6) is 0 Å². The molecule has 14 nitrogen and oxygen atoms in total. The highest BCUT2D eigenvalue weighted by Gasteiger charge is 2.03. The molecule has 4 N–H and O–H groups in total. The first-order chi connectivity index (χ1) is 20.7. The third-order valence-electron chi connectivity index (χ3n) is 5.33. The molecule has 0 rings (SSSR count). The number of ether oxygens (including phenoxy) is 8. The molecule has 0 atom stereocenters. The summed E-state index contributed by atoms with van der Waals surface area (Å²) in [6, 6.07) is 0. The minimum atomic E-state index is -0.204. The normalized spacial score (nSPS) is 11.2. The molecule has 0 aromatic carbocycles. The maximum atomic E-state index is 11.8. The van der Waals surface area contributed by atoms with Crippen molar-refractivity contribution in [1.29, 1.82) is 0 Å². The van der Waals surface area contributed by atoms with Crippen LogP contribution in [-0.4, -0.2) is 158 Å². The largest absolute Gasteiger partial charge is 0.379 e. The van der Waals surface area contributed by atoms with Crippen LogP contribution in [-0.2, 0) is 47.5 Å². The van der Waals surface area contributed by atoms with Crippen molar-refractivity contribution in [1.82, 2.24) is 21.3 Å². The van der Waals surface area contributed by atoms with E-state index < -0.39 is 0 Å². The molecule has 0 aliphatic rings. The third-order valence-corrected chi connectivity index (χ3v) is 5.33. The number of hydrogen-bond donors (Lipinski definition) is 4. The van der Waals surface area contributed by atoms with Gasteiger partial charge in [0.05, 0.1) is 66.1 Å². The Morgan fingerprint density at radius 2 is 0.643 bits per heavy atom. The lowest BCUT2D eigenvalue weighted by Crippen LogP contribution is -2.31. The van der Waals surface area contributed by atoms with E-state index in [-0.39, 0.29) is 38.2 Å². The number of rotatable bonds is 35. The van der Waals surface area contributed by atoms with Gasteiger partial charge in [-0.15, -0.1) is 0 Å². The lowest BCUT2D eigenvalue weighted by atomic mass is 10.4. The highest BCUT2D eigenvalue weighted by Crippen LogP contribution is 1.88. The number of carbonyl (C=O) groups is 2. The van der Waals surface area contributed by atoms with Gasteiger partial charge in [0.2, 0.25) is 11.8 Å². The predicted molar refractivity (Wildman–Crippen MR) is 159 cm³/mol. The zero-order chi connectivity index (χ0) is 30.6. The zero-order valence-electron chi connectivity index (χ0n) is 26.1. The van der Waals surface area contributed by atoms with E-state index in [2.05, 4.69) is 21.3 Å². The Labute approximate surface area is 252 Å². The Morgan fingerprint density at radius 3 is 0.952 bits per heavy atom. The molecule has 0 aliphatic carbocycles. The Hall–Kier alpha value is -1.46. The van der Waals surface area contributed by atoms with Crippen LogP contribution in [0, 0.1) is 0 Å². The van der Waals surface area contributed by atoms with E-state index >= 15 is 0 Å². The van der Waals surface area contributed by atoms with Gasteiger partial charge < -0.3 is 59.2 Å². The molecule has 42 heavy (non-hydrogen) atoms. The van der Waals surface area contributed by atoms with E-state index in [4.69, 9.17) is 37.9 Å². The van der Waals surface area contributed by atoms with E-state index in [0.717, 1.165) is 39.1 Å². The molecule has 0 saturated carbocycles. The second-order valence-corrected chi connectivity index (χ2v) is 9.10. The Morgan fingerprint density at radius 1 is 0.381 bits per heavy atom. The molecular formula is C28H58N4O10. The Kier molecular flexibility index (Phi) is 34.5. The van der Waals surface area contributed by atoms with Crippen LogP contribution < -0.4 is 21.3 Å². The lowest BCUT2D eigenvalue weighted by Gasteiger charge is -2.09. The van der Waals surface area contributed by atoms with Crippen molar-refractivity contribution in [3.05, 3.63) is 0 Å². The zero-order valence-corrected chi connectivity index (χ0v) is 26.1. The first-order valence-corrected chi connectivity index (χ1v) is 15.1. The van der Waals surface area contributed by atoms with Gasteiger partial charge >= 0.3 is 0 Å². The molecule has 0 spiro atoms. The SMILES string of the molecule is CNCCCOCCOCCOCCCNC(=O)COCCOCC(=O)NCCCOCCOCCOCCCNC. The summed E-state index contributed by atoms with van der Waals surface area (Å²) in [5, 5.41) is 11.7. The van der Waals surface area contributed by atoms with Crippen molar-refractivity contribution in [3.8, 4) is 0 Å². The fourth-order valence-electron chi connectivity index (χ4n) is 3.14. The van der Waals surface area contributed by atoms with Crippen molar-refractivity contribution in [3.63, 3.8) is 0 Å². The Bertz CT molecular complexity index is 531. The van der Waals surface area contributed by atoms with Gasteiger partial charge in [0.15, 0.2) is 0 Å². The van der Waals surface area contributed by atoms with Crippen molar-refractivity contribution in [2.24, 2.45) is 0 Å². The molecule has 2 amide bonds. The summed E-state index contributed by atoms with van der Waals surface area (Å²) in [5.41, 5.74) is 0. The summed E-state index contributed by atoms with van der Waals surface area (Å²) in [6.45, 7) is 10.1. The van der Waals surface area contributed by atoms with Crippen LogP contribution in [0.15, 0.2) is 0 Å². The van der Waals surface area contributed by atoms with E-state index in [9.17, 15) is 9.59 Å². The summed E-state index contributed by atoms with van der Waals surface area (Å²) >= 11 is 0. The first-order valence-electron chi connectivity index (χ1n) is 15.1. The van der Waals surface area contributed by atoms with Crippen molar-refractivity contribution >= 4 is 11.8 Å². The molecule has 0 fully saturated rings. The average Bonchev–Trinajstić information content (AvgIpc) is 2.99. The number of amides is 2. The number of carbonyl (C=O) groups excluding carboxylic acids is 2. The van der Waals surface area contributed by atoms with Crippen LogP contribution >= 0.6 is 0 Å². The molecular weight excluding hydrogens is 552 g/mol. The molecule has 0 aliphatic heterocycles. The summed E-state index contributed by atoms with van der Waals surface area (Å²) < 4.78 is 43.2. The third kappa shape index (κ3) is 34.7. The van der Waals surface area contributed by atoms with Gasteiger partial charge in [-0.2, -0.15) is 0 Å². The Balaban J connectivity index is 3.25. The van der Waals surface area contributed by atoms with E-state index in [1.165, 1.54) is 0 Å². The summed E-state index contributed by atoms with van der Waals surface area (Å²) in [7, 11) is 3.84. The molecule has 0 unspecified atom stereocenters. The smallest absolute Gasteiger partial charge is 0.246 e. The topological polar surface area (TPSA) is 156 Å². The van der Waals surface area contributed by atoms with Crippen molar-refractivity contribution in [2.45, 2.75) is 25.7 Å². The maximum Gasteiger partial charge on any atom is 0.246 e. The molecule has 0 saturated heterocycles. The summed E-state index contributed by atoms with van der Waals surface area (Å²) in [6.07, 6.45) is 3.38. The summed E-state index contributed by atoms with van der Waals surface area (Å²) in [4.78, 5) is 23.5. The van der Waals surface area contributed by atoms with Crippen molar-refractivity contribution < 1.29 is 47.5 Å². The standard InChI is InChI=1S/C28H58N4O10/c1-29-7-3-11-35-15-19-39-21-17-37-13-5-9-31-27(33)25-41-23-24-42-26-28(34)32-10-6-14-38-18-22-40-20-16-36-12-4-8-30-2/h29-30H,3-26H2,1-2H3,(H,31,33)(H,32,34). The van der Waals surface area contributed by atoms with Gasteiger partial charge in [-0.1, -0.05) is 0 Å². The second-order valence-electron chi connectivity index (χ2n) is 9.10. The quantitative estimate of drug-likeness (QED) is 0.0674. The number of hydrogen-bond acceptors (Lipinski definition) is 12. The van der Waals surface area contributed by atoms with E-state index in [1.54, 1.807) is 0 Å². The molecule has 0 radical (unpaired) electrons. The van der Waals surface area contributed by atoms with Crippen LogP contribution in [0.2, 0.25) is 0 Å². The van der Waals surface area contributed by atoms with Crippen LogP contribution in [0.4, 0.5) is 0 Å². The van der Waals surface area contributed by atoms with Gasteiger partial charge in [0, 0.05) is 39.5 Å². The fourth-order valence-corrected chi connectivity index (χ4v) is 3.14. The van der Waals surface area contributed by atoms with Crippen LogP contribution in [0.25, 0.3) is 0 Å². The second kappa shape index (κ2) is 35.7. The van der Waals surface area contributed by atoms with Crippen molar-refractivity contribution in [2.75, 3.05) is 146 Å². The number of nitrogens with one attached hydrogen (secondary N) is 4. The lowest BCUT2D eigenvalue weighted by molar-refractivity contribution is -0.129. The first kappa shape index (κ1) is 40.5. The van der Waals surface area contributed by atoms with Gasteiger partial charge in [0.1, 0.15) is 13.2 Å². The molecule has 0 bridgehead atoms. The van der Waals surface area contributed by atoms with E-state index in [0.29, 0.717) is 92.0 Å². The average molecular weight is 611 g/mol. The molecule has 0 aromatic rings. The highest BCUT2D eigenvalue weighted by atomic mass is 16.6.